The molecule has 1 aliphatic heterocycles. The highest BCUT2D eigenvalue weighted by Gasteiger charge is 2.42. The maximum Gasteiger partial charge on any atom is 0.317 e. The lowest BCUT2D eigenvalue weighted by Gasteiger charge is -2.21. The molecule has 2 N–H and O–H groups in total. The molecule has 0 aromatic heterocycles. The number of likely N-dealkylation sites (tertiary alicyclic amines) is 1. The van der Waals surface area contributed by atoms with Crippen LogP contribution in [0.15, 0.2) is 12.7 Å². The summed E-state index contributed by atoms with van der Waals surface area (Å²) in [5.41, 5.74) is -0.811. The Balaban J connectivity index is 2.56. The number of carbonyl (C=O) groups is 2. The average Bonchev–Trinajstić information content (AvgIpc) is 2.62. The van der Waals surface area contributed by atoms with E-state index in [-0.39, 0.29) is 18.6 Å². The van der Waals surface area contributed by atoms with E-state index in [9.17, 15) is 9.59 Å². The third kappa shape index (κ3) is 2.53. The molecule has 0 radical (unpaired) electrons. The van der Waals surface area contributed by atoms with Gasteiger partial charge in [0.1, 0.15) is 0 Å². The van der Waals surface area contributed by atoms with Crippen molar-refractivity contribution in [3.05, 3.63) is 12.7 Å². The summed E-state index contributed by atoms with van der Waals surface area (Å²) in [4.78, 5) is 24.2. The van der Waals surface area contributed by atoms with Gasteiger partial charge < -0.3 is 15.3 Å². The van der Waals surface area contributed by atoms with Gasteiger partial charge in [0.05, 0.1) is 5.41 Å². The van der Waals surface area contributed by atoms with Crippen molar-refractivity contribution in [1.82, 2.24) is 10.2 Å². The number of carbonyl (C=O) groups excluding carboxylic acids is 1. The molecule has 2 unspecified atom stereocenters. The molecule has 0 bridgehead atoms. The third-order valence-corrected chi connectivity index (χ3v) is 2.98. The molecule has 2 atom stereocenters. The van der Waals surface area contributed by atoms with Crippen LogP contribution in [0.25, 0.3) is 0 Å². The zero-order valence-electron chi connectivity index (χ0n) is 9.69. The first-order valence-electron chi connectivity index (χ1n) is 5.30. The molecule has 0 aromatic rings. The Morgan fingerprint density at radius 2 is 2.25 bits per heavy atom. The molecule has 0 spiro atoms. The van der Waals surface area contributed by atoms with Crippen LogP contribution in [0.2, 0.25) is 0 Å². The first-order chi connectivity index (χ1) is 7.39. The molecule has 1 rings (SSSR count). The molecule has 90 valence electrons. The van der Waals surface area contributed by atoms with E-state index < -0.39 is 11.4 Å². The van der Waals surface area contributed by atoms with E-state index in [4.69, 9.17) is 5.11 Å². The van der Waals surface area contributed by atoms with Crippen molar-refractivity contribution >= 4 is 12.0 Å². The molecule has 5 heteroatoms. The minimum Gasteiger partial charge on any atom is -0.481 e. The second-order valence-electron chi connectivity index (χ2n) is 4.51. The fraction of sp³-hybridized carbons (Fsp3) is 0.636. The smallest absolute Gasteiger partial charge is 0.317 e. The van der Waals surface area contributed by atoms with Crippen LogP contribution in [-0.2, 0) is 4.79 Å². The van der Waals surface area contributed by atoms with E-state index in [1.54, 1.807) is 13.0 Å². The summed E-state index contributed by atoms with van der Waals surface area (Å²) in [6.45, 7) is 7.80. The minimum atomic E-state index is -0.848. The van der Waals surface area contributed by atoms with Crippen LogP contribution < -0.4 is 5.32 Å². The normalized spacial score (nSPS) is 26.2. The average molecular weight is 226 g/mol. The van der Waals surface area contributed by atoms with Gasteiger partial charge in [0.25, 0.3) is 0 Å². The Bertz CT molecular complexity index is 316. The summed E-state index contributed by atoms with van der Waals surface area (Å²) >= 11 is 0. The van der Waals surface area contributed by atoms with Crippen molar-refractivity contribution in [2.75, 3.05) is 13.1 Å². The van der Waals surface area contributed by atoms with Crippen molar-refractivity contribution in [1.29, 1.82) is 0 Å². The van der Waals surface area contributed by atoms with Gasteiger partial charge in [-0.1, -0.05) is 6.08 Å². The van der Waals surface area contributed by atoms with E-state index in [2.05, 4.69) is 11.9 Å². The highest BCUT2D eigenvalue weighted by molar-refractivity contribution is 5.79. The largest absolute Gasteiger partial charge is 0.481 e. The van der Waals surface area contributed by atoms with Crippen molar-refractivity contribution < 1.29 is 14.7 Å². The van der Waals surface area contributed by atoms with Crippen LogP contribution in [0.1, 0.15) is 20.3 Å². The first-order valence-corrected chi connectivity index (χ1v) is 5.30. The standard InChI is InChI=1S/C11H18N2O3/c1-4-8(2)12-10(16)13-6-5-11(3,7-13)9(14)15/h4,8H,1,5-7H2,2-3H3,(H,12,16)(H,14,15). The number of carboxylic acid groups (broad SMARTS) is 1. The molecule has 1 fully saturated rings. The number of hydrogen-bond donors (Lipinski definition) is 2. The van der Waals surface area contributed by atoms with Crippen molar-refractivity contribution in [2.24, 2.45) is 5.41 Å². The lowest BCUT2D eigenvalue weighted by molar-refractivity contribution is -0.146. The van der Waals surface area contributed by atoms with Crippen molar-refractivity contribution in [3.8, 4) is 0 Å². The molecule has 0 aromatic carbocycles. The number of nitrogens with zero attached hydrogens (tertiary/aromatic N) is 1. The van der Waals surface area contributed by atoms with Crippen LogP contribution in [0.4, 0.5) is 4.79 Å². The Labute approximate surface area is 95.1 Å². The highest BCUT2D eigenvalue weighted by atomic mass is 16.4. The van der Waals surface area contributed by atoms with E-state index in [1.165, 1.54) is 4.90 Å². The fourth-order valence-corrected chi connectivity index (χ4v) is 1.65. The van der Waals surface area contributed by atoms with E-state index in [0.717, 1.165) is 0 Å². The molecular weight excluding hydrogens is 208 g/mol. The van der Waals surface area contributed by atoms with E-state index >= 15 is 0 Å². The van der Waals surface area contributed by atoms with Crippen LogP contribution in [-0.4, -0.2) is 41.1 Å². The number of rotatable bonds is 3. The SMILES string of the molecule is C=CC(C)NC(=O)N1CCC(C)(C(=O)O)C1. The maximum absolute atomic E-state index is 11.7. The van der Waals surface area contributed by atoms with Gasteiger partial charge in [-0.05, 0) is 20.3 Å². The Morgan fingerprint density at radius 3 is 2.69 bits per heavy atom. The maximum atomic E-state index is 11.7. The van der Waals surface area contributed by atoms with Gasteiger partial charge in [-0.2, -0.15) is 0 Å². The molecule has 5 nitrogen and oxygen atoms in total. The van der Waals surface area contributed by atoms with Gasteiger partial charge in [-0.3, -0.25) is 4.79 Å². The van der Waals surface area contributed by atoms with Gasteiger partial charge in [-0.15, -0.1) is 6.58 Å². The monoisotopic (exact) mass is 226 g/mol. The zero-order valence-corrected chi connectivity index (χ0v) is 9.69. The lowest BCUT2D eigenvalue weighted by Crippen LogP contribution is -2.43. The summed E-state index contributed by atoms with van der Waals surface area (Å²) in [6, 6.07) is -0.332. The molecule has 0 saturated carbocycles. The van der Waals surface area contributed by atoms with Crippen LogP contribution >= 0.6 is 0 Å². The lowest BCUT2D eigenvalue weighted by atomic mass is 9.90. The number of nitrogens with one attached hydrogen (secondary N) is 1. The number of hydrogen-bond acceptors (Lipinski definition) is 2. The van der Waals surface area contributed by atoms with Crippen molar-refractivity contribution in [3.63, 3.8) is 0 Å². The quantitative estimate of drug-likeness (QED) is 0.707. The Kier molecular flexibility index (Phi) is 3.57. The van der Waals surface area contributed by atoms with Crippen LogP contribution in [0.3, 0.4) is 0 Å². The summed E-state index contributed by atoms with van der Waals surface area (Å²) in [5, 5.41) is 11.7. The van der Waals surface area contributed by atoms with E-state index in [1.807, 2.05) is 6.92 Å². The zero-order chi connectivity index (χ0) is 12.3. The topological polar surface area (TPSA) is 69.6 Å². The van der Waals surface area contributed by atoms with Gasteiger partial charge >= 0.3 is 12.0 Å². The highest BCUT2D eigenvalue weighted by Crippen LogP contribution is 2.29. The number of carboxylic acids is 1. The molecule has 1 aliphatic rings. The van der Waals surface area contributed by atoms with E-state index in [0.29, 0.717) is 13.0 Å². The van der Waals surface area contributed by atoms with Crippen LogP contribution in [0.5, 0.6) is 0 Å². The Morgan fingerprint density at radius 1 is 1.62 bits per heavy atom. The molecule has 1 heterocycles. The fourth-order valence-electron chi connectivity index (χ4n) is 1.65. The van der Waals surface area contributed by atoms with Gasteiger partial charge in [0.2, 0.25) is 0 Å². The Hall–Kier alpha value is -1.52. The summed E-state index contributed by atoms with van der Waals surface area (Å²) in [6.07, 6.45) is 2.13. The summed E-state index contributed by atoms with van der Waals surface area (Å²) in [7, 11) is 0. The predicted octanol–water partition coefficient (Wildman–Crippen LogP) is 1.07. The molecule has 2 amide bonds. The molecule has 16 heavy (non-hydrogen) atoms. The van der Waals surface area contributed by atoms with Gasteiger partial charge in [0, 0.05) is 19.1 Å². The van der Waals surface area contributed by atoms with Crippen LogP contribution in [0, 0.1) is 5.41 Å². The second-order valence-corrected chi connectivity index (χ2v) is 4.51. The number of amides is 2. The predicted molar refractivity (Wildman–Crippen MR) is 60.1 cm³/mol. The molecular formula is C11H18N2O3. The summed E-state index contributed by atoms with van der Waals surface area (Å²) in [5.74, 6) is -0.848. The number of urea groups is 1. The third-order valence-electron chi connectivity index (χ3n) is 2.98. The number of aliphatic carboxylic acids is 1. The van der Waals surface area contributed by atoms with Gasteiger partial charge in [-0.25, -0.2) is 4.79 Å². The van der Waals surface area contributed by atoms with Gasteiger partial charge in [0.15, 0.2) is 0 Å². The summed E-state index contributed by atoms with van der Waals surface area (Å²) < 4.78 is 0. The first kappa shape index (κ1) is 12.5. The van der Waals surface area contributed by atoms with Crippen molar-refractivity contribution in [2.45, 2.75) is 26.3 Å². The molecule has 1 saturated heterocycles. The molecule has 0 aliphatic carbocycles. The second kappa shape index (κ2) is 4.55. The minimum absolute atomic E-state index is 0.107.